The van der Waals surface area contributed by atoms with Crippen LogP contribution in [0.15, 0.2) is 42.6 Å². The Morgan fingerprint density at radius 1 is 1.30 bits per heavy atom. The number of fused-ring (bicyclic) bond motifs is 2. The Bertz CT molecular complexity index is 900. The number of nitrogens with one attached hydrogen (secondary N) is 1. The first-order valence-corrected chi connectivity index (χ1v) is 8.91. The van der Waals surface area contributed by atoms with E-state index in [-0.39, 0.29) is 18.4 Å². The fourth-order valence-electron chi connectivity index (χ4n) is 4.15. The third kappa shape index (κ3) is 2.79. The van der Waals surface area contributed by atoms with E-state index in [2.05, 4.69) is 10.3 Å². The summed E-state index contributed by atoms with van der Waals surface area (Å²) in [7, 11) is 1.57. The number of anilines is 1. The number of ether oxygens (including phenoxy) is 1. The van der Waals surface area contributed by atoms with Gasteiger partial charge in [0.15, 0.2) is 0 Å². The summed E-state index contributed by atoms with van der Waals surface area (Å²) in [6, 6.07) is 11.0. The standard InChI is InChI=1S/C20H21N3O4/c1-21-18(24)15-6-4-8-22-17(15)23-10-14-11-27-16-7-3-2-5-13(16)9-20(14,12-23)19(25)26/h2-8,14H,9-12H2,1H3,(H,21,24)(H,25,26)/t14-,20+/m1/s1. The quantitative estimate of drug-likeness (QED) is 0.856. The average molecular weight is 367 g/mol. The van der Waals surface area contributed by atoms with Gasteiger partial charge in [0.2, 0.25) is 0 Å². The maximum absolute atomic E-state index is 12.4. The van der Waals surface area contributed by atoms with Crippen LogP contribution in [0.3, 0.4) is 0 Å². The van der Waals surface area contributed by atoms with E-state index < -0.39 is 11.4 Å². The normalized spacial score (nSPS) is 23.6. The van der Waals surface area contributed by atoms with E-state index in [1.807, 2.05) is 29.2 Å². The number of nitrogens with zero attached hydrogens (tertiary/aromatic N) is 2. The highest BCUT2D eigenvalue weighted by Crippen LogP contribution is 2.45. The number of hydrogen-bond donors (Lipinski definition) is 2. The first-order chi connectivity index (χ1) is 13.0. The number of pyridine rings is 1. The SMILES string of the molecule is CNC(=O)c1cccnc1N1C[C@@H]2COc3ccccc3C[C@]2(C(=O)O)C1. The Labute approximate surface area is 157 Å². The molecule has 2 N–H and O–H groups in total. The van der Waals surface area contributed by atoms with Crippen molar-refractivity contribution in [1.82, 2.24) is 10.3 Å². The van der Waals surface area contributed by atoms with Crippen LogP contribution in [0.4, 0.5) is 5.82 Å². The van der Waals surface area contributed by atoms with Crippen molar-refractivity contribution in [2.75, 3.05) is 31.6 Å². The van der Waals surface area contributed by atoms with Gasteiger partial charge in [0.05, 0.1) is 17.6 Å². The van der Waals surface area contributed by atoms with Gasteiger partial charge >= 0.3 is 5.97 Å². The van der Waals surface area contributed by atoms with Crippen LogP contribution >= 0.6 is 0 Å². The summed E-state index contributed by atoms with van der Waals surface area (Å²) in [6.07, 6.45) is 2.01. The molecule has 1 aromatic carbocycles. The number of carbonyl (C=O) groups excluding carboxylic acids is 1. The number of carboxylic acid groups (broad SMARTS) is 1. The Morgan fingerprint density at radius 2 is 2.11 bits per heavy atom. The smallest absolute Gasteiger partial charge is 0.312 e. The fourth-order valence-corrected chi connectivity index (χ4v) is 4.15. The summed E-state index contributed by atoms with van der Waals surface area (Å²) < 4.78 is 5.93. The molecule has 1 amide bonds. The molecule has 0 unspecified atom stereocenters. The van der Waals surface area contributed by atoms with Gasteiger partial charge in [-0.25, -0.2) is 4.98 Å². The molecule has 2 aromatic rings. The number of carboxylic acids is 1. The van der Waals surface area contributed by atoms with Gasteiger partial charge in [-0.15, -0.1) is 0 Å². The van der Waals surface area contributed by atoms with E-state index in [1.54, 1.807) is 25.4 Å². The molecule has 0 aliphatic carbocycles. The first kappa shape index (κ1) is 17.3. The van der Waals surface area contributed by atoms with Crippen molar-refractivity contribution in [3.63, 3.8) is 0 Å². The molecule has 7 heteroatoms. The lowest BCUT2D eigenvalue weighted by Crippen LogP contribution is -2.42. The maximum Gasteiger partial charge on any atom is 0.312 e. The lowest BCUT2D eigenvalue weighted by atomic mass is 9.74. The molecule has 1 aromatic heterocycles. The molecular formula is C20H21N3O4. The minimum Gasteiger partial charge on any atom is -0.493 e. The molecule has 2 atom stereocenters. The van der Waals surface area contributed by atoms with Crippen LogP contribution in [0.5, 0.6) is 5.75 Å². The molecule has 3 heterocycles. The zero-order valence-corrected chi connectivity index (χ0v) is 15.0. The minimum absolute atomic E-state index is 0.207. The fraction of sp³-hybridized carbons (Fsp3) is 0.350. The van der Waals surface area contributed by atoms with Crippen molar-refractivity contribution in [2.45, 2.75) is 6.42 Å². The molecule has 0 spiro atoms. The summed E-state index contributed by atoms with van der Waals surface area (Å²) in [5.74, 6) is -0.0207. The highest BCUT2D eigenvalue weighted by molar-refractivity contribution is 5.99. The number of hydrogen-bond acceptors (Lipinski definition) is 5. The molecule has 0 saturated carbocycles. The number of para-hydroxylation sites is 1. The molecule has 0 radical (unpaired) electrons. The lowest BCUT2D eigenvalue weighted by Gasteiger charge is -2.27. The van der Waals surface area contributed by atoms with Crippen molar-refractivity contribution >= 4 is 17.7 Å². The zero-order chi connectivity index (χ0) is 19.0. The molecule has 1 saturated heterocycles. The summed E-state index contributed by atoms with van der Waals surface area (Å²) in [5.41, 5.74) is 0.361. The van der Waals surface area contributed by atoms with Crippen LogP contribution in [0.1, 0.15) is 15.9 Å². The van der Waals surface area contributed by atoms with Gasteiger partial charge in [-0.2, -0.15) is 0 Å². The molecule has 140 valence electrons. The first-order valence-electron chi connectivity index (χ1n) is 8.91. The molecule has 2 aliphatic rings. The summed E-state index contributed by atoms with van der Waals surface area (Å²) in [6.45, 7) is 1.08. The number of rotatable bonds is 3. The van der Waals surface area contributed by atoms with Gasteiger partial charge in [0.1, 0.15) is 11.6 Å². The third-order valence-corrected chi connectivity index (χ3v) is 5.60. The van der Waals surface area contributed by atoms with Crippen LogP contribution < -0.4 is 15.0 Å². The topological polar surface area (TPSA) is 91.8 Å². The third-order valence-electron chi connectivity index (χ3n) is 5.60. The van der Waals surface area contributed by atoms with Crippen LogP contribution in [0.25, 0.3) is 0 Å². The van der Waals surface area contributed by atoms with E-state index in [4.69, 9.17) is 4.74 Å². The van der Waals surface area contributed by atoms with Gasteiger partial charge in [-0.1, -0.05) is 18.2 Å². The van der Waals surface area contributed by atoms with E-state index in [1.165, 1.54) is 0 Å². The van der Waals surface area contributed by atoms with Crippen LogP contribution in [-0.2, 0) is 11.2 Å². The maximum atomic E-state index is 12.4. The number of aromatic nitrogens is 1. The van der Waals surface area contributed by atoms with Crippen LogP contribution in [0.2, 0.25) is 0 Å². The second kappa shape index (κ2) is 6.57. The summed E-state index contributed by atoms with van der Waals surface area (Å²) in [5, 5.41) is 12.8. The van der Waals surface area contributed by atoms with Crippen LogP contribution in [0, 0.1) is 11.3 Å². The lowest BCUT2D eigenvalue weighted by molar-refractivity contribution is -0.150. The van der Waals surface area contributed by atoms with Gasteiger partial charge in [-0.3, -0.25) is 9.59 Å². The Hall–Kier alpha value is -3.09. The highest BCUT2D eigenvalue weighted by Gasteiger charge is 2.54. The zero-order valence-electron chi connectivity index (χ0n) is 15.0. The van der Waals surface area contributed by atoms with E-state index in [0.717, 1.165) is 11.3 Å². The Morgan fingerprint density at radius 3 is 2.89 bits per heavy atom. The van der Waals surface area contributed by atoms with E-state index >= 15 is 0 Å². The average Bonchev–Trinajstić information content (AvgIpc) is 2.98. The van der Waals surface area contributed by atoms with E-state index in [0.29, 0.717) is 31.0 Å². The van der Waals surface area contributed by atoms with Gasteiger partial charge < -0.3 is 20.1 Å². The Kier molecular flexibility index (Phi) is 4.22. The number of benzene rings is 1. The second-order valence-electron chi connectivity index (χ2n) is 7.09. The number of aliphatic carboxylic acids is 1. The van der Waals surface area contributed by atoms with Crippen LogP contribution in [-0.4, -0.2) is 48.7 Å². The summed E-state index contributed by atoms with van der Waals surface area (Å²) in [4.78, 5) is 30.9. The van der Waals surface area contributed by atoms with Crippen molar-refractivity contribution in [3.8, 4) is 5.75 Å². The van der Waals surface area contributed by atoms with Gasteiger partial charge in [0.25, 0.3) is 5.91 Å². The molecule has 0 bridgehead atoms. The van der Waals surface area contributed by atoms with Crippen molar-refractivity contribution in [3.05, 3.63) is 53.7 Å². The second-order valence-corrected chi connectivity index (χ2v) is 7.09. The molecule has 4 rings (SSSR count). The van der Waals surface area contributed by atoms with Crippen molar-refractivity contribution in [1.29, 1.82) is 0 Å². The van der Waals surface area contributed by atoms with Gasteiger partial charge in [-0.05, 0) is 30.2 Å². The largest absolute Gasteiger partial charge is 0.493 e. The highest BCUT2D eigenvalue weighted by atomic mass is 16.5. The molecular weight excluding hydrogens is 346 g/mol. The predicted octanol–water partition coefficient (Wildman–Crippen LogP) is 1.58. The predicted molar refractivity (Wildman–Crippen MR) is 99.0 cm³/mol. The Balaban J connectivity index is 1.73. The van der Waals surface area contributed by atoms with Crippen molar-refractivity contribution < 1.29 is 19.4 Å². The number of amides is 1. The van der Waals surface area contributed by atoms with Crippen molar-refractivity contribution in [2.24, 2.45) is 11.3 Å². The minimum atomic E-state index is -0.982. The number of carbonyl (C=O) groups is 2. The van der Waals surface area contributed by atoms with E-state index in [9.17, 15) is 14.7 Å². The molecule has 1 fully saturated rings. The monoisotopic (exact) mass is 367 g/mol. The van der Waals surface area contributed by atoms with Gasteiger partial charge in [0, 0.05) is 32.3 Å². The summed E-state index contributed by atoms with van der Waals surface area (Å²) >= 11 is 0. The molecule has 2 aliphatic heterocycles. The molecule has 27 heavy (non-hydrogen) atoms. The molecule has 7 nitrogen and oxygen atoms in total.